The Hall–Kier alpha value is -2.44. The summed E-state index contributed by atoms with van der Waals surface area (Å²) in [6.45, 7) is 0.447. The minimum atomic E-state index is 0.447. The fraction of sp³-hybridized carbons (Fsp3) is 0.0625. The lowest BCUT2D eigenvalue weighted by Crippen LogP contribution is -1.99. The van der Waals surface area contributed by atoms with Crippen molar-refractivity contribution >= 4 is 28.3 Å². The first kappa shape index (κ1) is 12.6. The Morgan fingerprint density at radius 1 is 1.25 bits per heavy atom. The maximum Gasteiger partial charge on any atom is 0.142 e. The molecule has 20 heavy (non-hydrogen) atoms. The van der Waals surface area contributed by atoms with Crippen molar-refractivity contribution < 1.29 is 0 Å². The van der Waals surface area contributed by atoms with E-state index in [0.717, 1.165) is 22.4 Å². The summed E-state index contributed by atoms with van der Waals surface area (Å²) in [5, 5.41) is 0.655. The molecule has 0 saturated carbocycles. The Morgan fingerprint density at radius 3 is 2.85 bits per heavy atom. The first-order chi connectivity index (χ1) is 9.69. The number of anilines is 1. The van der Waals surface area contributed by atoms with Gasteiger partial charge in [0.15, 0.2) is 0 Å². The maximum absolute atomic E-state index is 6.02. The molecule has 0 aliphatic heterocycles. The number of nitrogens with two attached hydrogens (primary N) is 1. The van der Waals surface area contributed by atoms with Gasteiger partial charge in [0, 0.05) is 16.3 Å². The van der Waals surface area contributed by atoms with E-state index >= 15 is 0 Å². The standard InChI is InChI=1S/C16H12ClN3/c1-2-8-20-15-7-6-12(17)10-14(15)19-16(20)11-4-3-5-13(18)9-11/h1,3-7,9-10H,8,18H2. The lowest BCUT2D eigenvalue weighted by Gasteiger charge is -2.06. The first-order valence-electron chi connectivity index (χ1n) is 6.14. The van der Waals surface area contributed by atoms with Crippen molar-refractivity contribution in [3.8, 4) is 23.7 Å². The van der Waals surface area contributed by atoms with Gasteiger partial charge in [-0.15, -0.1) is 6.42 Å². The normalized spacial score (nSPS) is 10.6. The fourth-order valence-corrected chi connectivity index (χ4v) is 2.42. The van der Waals surface area contributed by atoms with Crippen LogP contribution in [0.5, 0.6) is 0 Å². The third kappa shape index (κ3) is 2.11. The molecule has 0 amide bonds. The molecule has 1 heterocycles. The quantitative estimate of drug-likeness (QED) is 0.576. The molecule has 3 aromatic rings. The van der Waals surface area contributed by atoms with Gasteiger partial charge in [0.1, 0.15) is 5.82 Å². The molecule has 0 fully saturated rings. The molecule has 0 spiro atoms. The van der Waals surface area contributed by atoms with E-state index in [2.05, 4.69) is 10.9 Å². The number of nitrogen functional groups attached to an aromatic ring is 1. The summed E-state index contributed by atoms with van der Waals surface area (Å²) in [6.07, 6.45) is 5.47. The molecule has 2 aromatic carbocycles. The van der Waals surface area contributed by atoms with Crippen LogP contribution in [-0.2, 0) is 6.54 Å². The van der Waals surface area contributed by atoms with Gasteiger partial charge in [-0.25, -0.2) is 4.98 Å². The third-order valence-electron chi connectivity index (χ3n) is 3.10. The van der Waals surface area contributed by atoms with E-state index in [-0.39, 0.29) is 0 Å². The van der Waals surface area contributed by atoms with Crippen molar-refractivity contribution in [3.63, 3.8) is 0 Å². The minimum Gasteiger partial charge on any atom is -0.399 e. The topological polar surface area (TPSA) is 43.8 Å². The van der Waals surface area contributed by atoms with Crippen LogP contribution in [-0.4, -0.2) is 9.55 Å². The summed E-state index contributed by atoms with van der Waals surface area (Å²) in [4.78, 5) is 4.63. The highest BCUT2D eigenvalue weighted by molar-refractivity contribution is 6.31. The third-order valence-corrected chi connectivity index (χ3v) is 3.34. The minimum absolute atomic E-state index is 0.447. The molecule has 2 N–H and O–H groups in total. The van der Waals surface area contributed by atoms with Crippen LogP contribution in [0.3, 0.4) is 0 Å². The number of hydrogen-bond donors (Lipinski definition) is 1. The van der Waals surface area contributed by atoms with Crippen molar-refractivity contribution in [3.05, 3.63) is 47.5 Å². The summed E-state index contributed by atoms with van der Waals surface area (Å²) in [6, 6.07) is 13.2. The van der Waals surface area contributed by atoms with Crippen LogP contribution in [0.4, 0.5) is 5.69 Å². The molecule has 4 heteroatoms. The zero-order chi connectivity index (χ0) is 14.1. The number of fused-ring (bicyclic) bond motifs is 1. The Balaban J connectivity index is 2.29. The molecular formula is C16H12ClN3. The number of rotatable bonds is 2. The molecule has 3 nitrogen and oxygen atoms in total. The summed E-state index contributed by atoms with van der Waals surface area (Å²) < 4.78 is 1.99. The van der Waals surface area contributed by atoms with Crippen molar-refractivity contribution in [2.75, 3.05) is 5.73 Å². The van der Waals surface area contributed by atoms with E-state index in [1.807, 2.05) is 47.0 Å². The van der Waals surface area contributed by atoms with Crippen LogP contribution in [0.25, 0.3) is 22.4 Å². The number of nitrogens with zero attached hydrogens (tertiary/aromatic N) is 2. The van der Waals surface area contributed by atoms with E-state index < -0.39 is 0 Å². The molecule has 1 aromatic heterocycles. The van der Waals surface area contributed by atoms with Gasteiger partial charge in [0.2, 0.25) is 0 Å². The van der Waals surface area contributed by atoms with E-state index in [0.29, 0.717) is 17.3 Å². The molecule has 0 unspecified atom stereocenters. The molecular weight excluding hydrogens is 270 g/mol. The van der Waals surface area contributed by atoms with E-state index in [4.69, 9.17) is 23.8 Å². The number of hydrogen-bond acceptors (Lipinski definition) is 2. The number of benzene rings is 2. The summed E-state index contributed by atoms with van der Waals surface area (Å²) >= 11 is 6.02. The average molecular weight is 282 g/mol. The van der Waals surface area contributed by atoms with Crippen LogP contribution in [0.2, 0.25) is 5.02 Å². The highest BCUT2D eigenvalue weighted by Crippen LogP contribution is 2.27. The zero-order valence-electron chi connectivity index (χ0n) is 10.7. The second kappa shape index (κ2) is 4.92. The summed E-state index contributed by atoms with van der Waals surface area (Å²) in [5.41, 5.74) is 9.26. The molecule has 0 atom stereocenters. The number of imidazole rings is 1. The van der Waals surface area contributed by atoms with Crippen LogP contribution in [0.15, 0.2) is 42.5 Å². The molecule has 3 rings (SSSR count). The predicted molar refractivity (Wildman–Crippen MR) is 83.4 cm³/mol. The second-order valence-corrected chi connectivity index (χ2v) is 4.92. The molecule has 98 valence electrons. The van der Waals surface area contributed by atoms with Crippen LogP contribution >= 0.6 is 11.6 Å². The molecule has 0 aliphatic rings. The lowest BCUT2D eigenvalue weighted by molar-refractivity contribution is 0.882. The summed E-state index contributed by atoms with van der Waals surface area (Å²) in [5.74, 6) is 3.46. The Labute approximate surface area is 122 Å². The van der Waals surface area contributed by atoms with Crippen LogP contribution in [0.1, 0.15) is 0 Å². The van der Waals surface area contributed by atoms with E-state index in [1.165, 1.54) is 0 Å². The second-order valence-electron chi connectivity index (χ2n) is 4.48. The van der Waals surface area contributed by atoms with Gasteiger partial charge in [-0.1, -0.05) is 29.7 Å². The van der Waals surface area contributed by atoms with Gasteiger partial charge >= 0.3 is 0 Å². The highest BCUT2D eigenvalue weighted by atomic mass is 35.5. The zero-order valence-corrected chi connectivity index (χ0v) is 11.4. The SMILES string of the molecule is C#CCn1c(-c2cccc(N)c2)nc2cc(Cl)ccc21. The van der Waals surface area contributed by atoms with Gasteiger partial charge in [-0.3, -0.25) is 0 Å². The average Bonchev–Trinajstić information content (AvgIpc) is 2.77. The smallest absolute Gasteiger partial charge is 0.142 e. The molecule has 0 aliphatic carbocycles. The van der Waals surface area contributed by atoms with Crippen molar-refractivity contribution in [2.24, 2.45) is 0 Å². The van der Waals surface area contributed by atoms with Gasteiger partial charge in [-0.2, -0.15) is 0 Å². The molecule has 0 bridgehead atoms. The van der Waals surface area contributed by atoms with Crippen LogP contribution < -0.4 is 5.73 Å². The molecule has 0 radical (unpaired) electrons. The van der Waals surface area contributed by atoms with Crippen molar-refractivity contribution in [1.82, 2.24) is 9.55 Å². The van der Waals surface area contributed by atoms with E-state index in [1.54, 1.807) is 0 Å². The number of aromatic nitrogens is 2. The van der Waals surface area contributed by atoms with Gasteiger partial charge in [-0.05, 0) is 30.3 Å². The number of halogens is 1. The summed E-state index contributed by atoms with van der Waals surface area (Å²) in [7, 11) is 0. The maximum atomic E-state index is 6.02. The lowest BCUT2D eigenvalue weighted by atomic mass is 10.2. The van der Waals surface area contributed by atoms with E-state index in [9.17, 15) is 0 Å². The van der Waals surface area contributed by atoms with Crippen molar-refractivity contribution in [1.29, 1.82) is 0 Å². The fourth-order valence-electron chi connectivity index (χ4n) is 2.25. The Bertz CT molecular complexity index is 827. The predicted octanol–water partition coefficient (Wildman–Crippen LogP) is 3.57. The highest BCUT2D eigenvalue weighted by Gasteiger charge is 2.12. The van der Waals surface area contributed by atoms with Gasteiger partial charge in [0.05, 0.1) is 17.6 Å². The number of terminal acetylenes is 1. The van der Waals surface area contributed by atoms with Crippen LogP contribution in [0, 0.1) is 12.3 Å². The Morgan fingerprint density at radius 2 is 2.10 bits per heavy atom. The van der Waals surface area contributed by atoms with Gasteiger partial charge in [0.25, 0.3) is 0 Å². The van der Waals surface area contributed by atoms with Gasteiger partial charge < -0.3 is 10.3 Å². The Kier molecular flexibility index (Phi) is 3.09. The van der Waals surface area contributed by atoms with Crippen molar-refractivity contribution in [2.45, 2.75) is 6.54 Å². The monoisotopic (exact) mass is 281 g/mol. The largest absolute Gasteiger partial charge is 0.399 e. The molecule has 0 saturated heterocycles. The first-order valence-corrected chi connectivity index (χ1v) is 6.52.